The fourth-order valence-corrected chi connectivity index (χ4v) is 3.43. The first-order valence-electron chi connectivity index (χ1n) is 12.7. The highest BCUT2D eigenvalue weighted by atomic mass is 16.4. The first-order valence-corrected chi connectivity index (χ1v) is 12.7. The molecule has 1 aromatic rings. The summed E-state index contributed by atoms with van der Waals surface area (Å²) in [4.78, 5) is 55.0. The summed E-state index contributed by atoms with van der Waals surface area (Å²) in [5.41, 5.74) is 2.10. The van der Waals surface area contributed by atoms with Gasteiger partial charge < -0.3 is 25.4 Å². The number of aliphatic carboxylic acids is 1. The van der Waals surface area contributed by atoms with E-state index in [9.17, 15) is 19.2 Å². The van der Waals surface area contributed by atoms with Crippen LogP contribution in [0.1, 0.15) is 90.6 Å². The van der Waals surface area contributed by atoms with Gasteiger partial charge in [0.1, 0.15) is 12.3 Å². The van der Waals surface area contributed by atoms with Crippen molar-refractivity contribution < 1.29 is 29.1 Å². The molecule has 0 bridgehead atoms. The second-order valence-corrected chi connectivity index (χ2v) is 10.6. The Morgan fingerprint density at radius 1 is 1.05 bits per heavy atom. The van der Waals surface area contributed by atoms with E-state index in [1.165, 1.54) is 17.4 Å². The number of benzene rings is 1. The lowest BCUT2D eigenvalue weighted by atomic mass is 9.86. The maximum absolute atomic E-state index is 12.0. The molecule has 1 heterocycles. The predicted octanol–water partition coefficient (Wildman–Crippen LogP) is 3.55. The van der Waals surface area contributed by atoms with Crippen LogP contribution in [0.5, 0.6) is 0 Å². The highest BCUT2D eigenvalue weighted by Gasteiger charge is 2.30. The molecule has 0 saturated carbocycles. The highest BCUT2D eigenvalue weighted by Crippen LogP contribution is 2.22. The van der Waals surface area contributed by atoms with Crippen LogP contribution < -0.4 is 10.6 Å². The predicted molar refractivity (Wildman–Crippen MR) is 144 cm³/mol. The lowest BCUT2D eigenvalue weighted by Crippen LogP contribution is -2.46. The number of likely N-dealkylation sites (tertiary alicyclic amines) is 1. The van der Waals surface area contributed by atoms with Crippen LogP contribution >= 0.6 is 0 Å². The van der Waals surface area contributed by atoms with E-state index >= 15 is 0 Å². The maximum Gasteiger partial charge on any atom is 0.305 e. The van der Waals surface area contributed by atoms with Gasteiger partial charge in [-0.05, 0) is 62.6 Å². The molecule has 208 valence electrons. The Labute approximate surface area is 221 Å². The van der Waals surface area contributed by atoms with Crippen LogP contribution in [0, 0.1) is 5.92 Å². The number of carboxylic acid groups (broad SMARTS) is 1. The molecule has 37 heavy (non-hydrogen) atoms. The van der Waals surface area contributed by atoms with Gasteiger partial charge in [-0.25, -0.2) is 0 Å². The number of carbonyl (C=O) groups is 5. The van der Waals surface area contributed by atoms with E-state index in [1.54, 1.807) is 6.92 Å². The van der Waals surface area contributed by atoms with Crippen LogP contribution in [-0.4, -0.2) is 65.2 Å². The second-order valence-electron chi connectivity index (χ2n) is 10.6. The van der Waals surface area contributed by atoms with Gasteiger partial charge in [0.05, 0.1) is 6.42 Å². The van der Waals surface area contributed by atoms with Crippen molar-refractivity contribution in [3.8, 4) is 0 Å². The van der Waals surface area contributed by atoms with E-state index in [2.05, 4.69) is 45.3 Å². The third-order valence-electron chi connectivity index (χ3n) is 5.97. The average molecular weight is 520 g/mol. The number of hydrogen-bond acceptors (Lipinski definition) is 5. The third kappa shape index (κ3) is 13.0. The molecule has 0 aromatic heterocycles. The van der Waals surface area contributed by atoms with Gasteiger partial charge in [0.2, 0.25) is 12.3 Å². The lowest BCUT2D eigenvalue weighted by molar-refractivity contribution is -0.138. The Balaban J connectivity index is 0.000000637. The lowest BCUT2D eigenvalue weighted by Gasteiger charge is -2.21. The summed E-state index contributed by atoms with van der Waals surface area (Å²) in [6.45, 7) is 16.4. The molecule has 0 radical (unpaired) electrons. The van der Waals surface area contributed by atoms with Crippen molar-refractivity contribution in [1.29, 1.82) is 0 Å². The Morgan fingerprint density at radius 2 is 1.59 bits per heavy atom. The third-order valence-corrected chi connectivity index (χ3v) is 5.97. The number of hydrogen-bond donors (Lipinski definition) is 3. The highest BCUT2D eigenvalue weighted by molar-refractivity contribution is 5.94. The number of carbonyl (C=O) groups excluding carboxylic acids is 4. The van der Waals surface area contributed by atoms with Crippen LogP contribution in [0.4, 0.5) is 0 Å². The number of nitrogens with one attached hydrogen (secondary N) is 2. The number of rotatable bonds is 8. The van der Waals surface area contributed by atoms with Crippen molar-refractivity contribution in [3.63, 3.8) is 0 Å². The quantitative estimate of drug-likeness (QED) is 0.450. The minimum Gasteiger partial charge on any atom is -0.481 e. The largest absolute Gasteiger partial charge is 0.481 e. The zero-order valence-corrected chi connectivity index (χ0v) is 23.5. The summed E-state index contributed by atoms with van der Waals surface area (Å²) in [7, 11) is 0. The minimum atomic E-state index is -0.952. The van der Waals surface area contributed by atoms with Crippen LogP contribution in [0.25, 0.3) is 0 Å². The standard InChI is InChI=1S/C16H25NO.C10H16N2O4.C2H4O/c1-11(2)12(3)17-15(18)13-7-9-14(10-8-13)16(4,5)6;1-7(5-9(14)15)11-10(16)8-3-2-4-12(8)6-13;1-2-3/h7-12H,1-6H3,(H,17,18);6-8H,2-5H2,1H3,(H,11,16)(H,14,15);2H,1H3. The Hall–Kier alpha value is -3.23. The summed E-state index contributed by atoms with van der Waals surface area (Å²) in [5, 5.41) is 14.2. The van der Waals surface area contributed by atoms with Gasteiger partial charge in [0.15, 0.2) is 0 Å². The molecular formula is C28H45N3O6. The van der Waals surface area contributed by atoms with Gasteiger partial charge in [0.25, 0.3) is 5.91 Å². The molecule has 1 aromatic carbocycles. The SMILES string of the molecule is CC(C)C(C)NC(=O)c1ccc(C(C)(C)C)cc1.CC(CC(=O)O)NC(=O)C1CCCN1C=O.CC=O. The van der Waals surface area contributed by atoms with Crippen molar-refractivity contribution >= 4 is 30.5 Å². The summed E-state index contributed by atoms with van der Waals surface area (Å²) in [6.07, 6.45) is 2.76. The summed E-state index contributed by atoms with van der Waals surface area (Å²) in [6, 6.07) is 7.23. The van der Waals surface area contributed by atoms with Crippen molar-refractivity contribution in [2.45, 2.75) is 98.2 Å². The van der Waals surface area contributed by atoms with Crippen LogP contribution in [0.2, 0.25) is 0 Å². The first-order chi connectivity index (χ1) is 17.2. The van der Waals surface area contributed by atoms with Crippen molar-refractivity contribution in [2.75, 3.05) is 6.54 Å². The van der Waals surface area contributed by atoms with Crippen LogP contribution in [0.15, 0.2) is 24.3 Å². The molecule has 9 nitrogen and oxygen atoms in total. The van der Waals surface area contributed by atoms with Crippen molar-refractivity contribution in [2.24, 2.45) is 5.92 Å². The molecule has 0 spiro atoms. The summed E-state index contributed by atoms with van der Waals surface area (Å²) >= 11 is 0. The molecule has 1 aliphatic heterocycles. The van der Waals surface area contributed by atoms with E-state index in [-0.39, 0.29) is 29.7 Å². The Kier molecular flexibility index (Phi) is 15.1. The normalized spacial score (nSPS) is 16.2. The fraction of sp³-hybridized carbons (Fsp3) is 0.607. The van der Waals surface area contributed by atoms with E-state index < -0.39 is 18.1 Å². The molecular weight excluding hydrogens is 474 g/mol. The summed E-state index contributed by atoms with van der Waals surface area (Å²) < 4.78 is 0. The Morgan fingerprint density at radius 3 is 2.03 bits per heavy atom. The van der Waals surface area contributed by atoms with Gasteiger partial charge >= 0.3 is 5.97 Å². The molecule has 3 amide bonds. The minimum absolute atomic E-state index is 0.0108. The van der Waals surface area contributed by atoms with Gasteiger partial charge in [-0.2, -0.15) is 0 Å². The molecule has 3 N–H and O–H groups in total. The van der Waals surface area contributed by atoms with E-state index in [0.29, 0.717) is 25.3 Å². The van der Waals surface area contributed by atoms with Gasteiger partial charge in [-0.3, -0.25) is 19.2 Å². The smallest absolute Gasteiger partial charge is 0.305 e. The Bertz CT molecular complexity index is 877. The van der Waals surface area contributed by atoms with Crippen molar-refractivity contribution in [3.05, 3.63) is 35.4 Å². The molecule has 3 atom stereocenters. The van der Waals surface area contributed by atoms with E-state index in [4.69, 9.17) is 9.90 Å². The van der Waals surface area contributed by atoms with Crippen LogP contribution in [-0.2, 0) is 24.6 Å². The summed E-state index contributed by atoms with van der Waals surface area (Å²) in [5.74, 6) is -0.760. The number of amides is 3. The molecule has 0 aliphatic carbocycles. The van der Waals surface area contributed by atoms with Crippen LogP contribution in [0.3, 0.4) is 0 Å². The monoisotopic (exact) mass is 519 g/mol. The zero-order chi connectivity index (χ0) is 28.8. The zero-order valence-electron chi connectivity index (χ0n) is 23.5. The molecule has 9 heteroatoms. The fourth-order valence-electron chi connectivity index (χ4n) is 3.43. The second kappa shape index (κ2) is 16.5. The van der Waals surface area contributed by atoms with Crippen molar-refractivity contribution in [1.82, 2.24) is 15.5 Å². The number of nitrogens with zero attached hydrogens (tertiary/aromatic N) is 1. The molecule has 3 unspecified atom stereocenters. The maximum atomic E-state index is 12.0. The molecule has 2 rings (SSSR count). The molecule has 1 fully saturated rings. The number of aldehydes is 1. The van der Waals surface area contributed by atoms with Gasteiger partial charge in [-0.1, -0.05) is 46.8 Å². The number of carboxylic acids is 1. The van der Waals surface area contributed by atoms with Gasteiger partial charge in [0, 0.05) is 24.2 Å². The van der Waals surface area contributed by atoms with E-state index in [1.807, 2.05) is 31.2 Å². The first kappa shape index (κ1) is 33.8. The average Bonchev–Trinajstić information content (AvgIpc) is 3.28. The molecule has 1 aliphatic rings. The van der Waals surface area contributed by atoms with Gasteiger partial charge in [-0.15, -0.1) is 0 Å². The molecule has 1 saturated heterocycles. The topological polar surface area (TPSA) is 133 Å². The van der Waals surface area contributed by atoms with E-state index in [0.717, 1.165) is 18.3 Å².